The van der Waals surface area contributed by atoms with Gasteiger partial charge >= 0.3 is 6.03 Å². The number of amides is 2. The molecule has 25 heavy (non-hydrogen) atoms. The highest BCUT2D eigenvalue weighted by molar-refractivity contribution is 6.32. The van der Waals surface area contributed by atoms with Gasteiger partial charge in [0, 0.05) is 23.7 Å². The van der Waals surface area contributed by atoms with Gasteiger partial charge in [0.15, 0.2) is 0 Å². The number of benzene rings is 1. The number of urea groups is 1. The Morgan fingerprint density at radius 1 is 1.24 bits per heavy atom. The molecule has 1 aliphatic heterocycles. The van der Waals surface area contributed by atoms with E-state index in [1.165, 1.54) is 0 Å². The highest BCUT2D eigenvalue weighted by atomic mass is 35.5. The minimum absolute atomic E-state index is 0.0164. The second-order valence-electron chi connectivity index (χ2n) is 8.03. The van der Waals surface area contributed by atoms with Gasteiger partial charge in [-0.05, 0) is 59.1 Å². The van der Waals surface area contributed by atoms with Gasteiger partial charge in [-0.3, -0.25) is 0 Å². The maximum Gasteiger partial charge on any atom is 0.315 e. The average Bonchev–Trinajstić information content (AvgIpc) is 2.45. The summed E-state index contributed by atoms with van der Waals surface area (Å²) in [5.74, 6) is 0.674. The molecule has 0 bridgehead atoms. The van der Waals surface area contributed by atoms with Crippen LogP contribution in [0.25, 0.3) is 0 Å². The molecule has 1 saturated heterocycles. The molecule has 0 aliphatic carbocycles. The Labute approximate surface area is 155 Å². The second kappa shape index (κ2) is 8.28. The van der Waals surface area contributed by atoms with Crippen LogP contribution in [0.3, 0.4) is 0 Å². The third-order valence-electron chi connectivity index (χ3n) is 4.23. The molecule has 6 heteroatoms. The lowest BCUT2D eigenvalue weighted by atomic mass is 9.80. The minimum Gasteiger partial charge on any atom is -0.492 e. The van der Waals surface area contributed by atoms with Gasteiger partial charge in [-0.15, -0.1) is 0 Å². The lowest BCUT2D eigenvalue weighted by Gasteiger charge is -2.46. The van der Waals surface area contributed by atoms with Gasteiger partial charge in [0.05, 0.1) is 11.6 Å². The molecule has 0 aromatic heterocycles. The standard InChI is InChI=1S/C19H30ClN3O2/c1-18(2)12-14(13-19(3,4)23-18)22-17(24)21-10-7-11-25-16-9-6-5-8-15(16)20/h5-6,8-9,14,23H,7,10-13H2,1-4H3,(H2,21,22,24). The molecular formula is C19H30ClN3O2. The largest absolute Gasteiger partial charge is 0.492 e. The van der Waals surface area contributed by atoms with Crippen molar-refractivity contribution in [2.24, 2.45) is 0 Å². The number of carbonyl (C=O) groups is 1. The van der Waals surface area contributed by atoms with Crippen LogP contribution in [0.15, 0.2) is 24.3 Å². The average molecular weight is 368 g/mol. The minimum atomic E-state index is -0.115. The number of ether oxygens (including phenoxy) is 1. The van der Waals surface area contributed by atoms with Crippen molar-refractivity contribution in [3.63, 3.8) is 0 Å². The lowest BCUT2D eigenvalue weighted by Crippen LogP contribution is -2.62. The lowest BCUT2D eigenvalue weighted by molar-refractivity contribution is 0.147. The van der Waals surface area contributed by atoms with Crippen molar-refractivity contribution in [1.29, 1.82) is 0 Å². The molecule has 0 saturated carbocycles. The van der Waals surface area contributed by atoms with Gasteiger partial charge in [-0.25, -0.2) is 4.79 Å². The molecule has 1 aromatic carbocycles. The molecule has 2 rings (SSSR count). The number of nitrogens with one attached hydrogen (secondary N) is 3. The maximum absolute atomic E-state index is 12.1. The topological polar surface area (TPSA) is 62.4 Å². The van der Waals surface area contributed by atoms with E-state index in [0.29, 0.717) is 23.9 Å². The van der Waals surface area contributed by atoms with Crippen LogP contribution in [-0.4, -0.2) is 36.3 Å². The zero-order valence-electron chi connectivity index (χ0n) is 15.6. The van der Waals surface area contributed by atoms with Crippen molar-refractivity contribution in [3.05, 3.63) is 29.3 Å². The van der Waals surface area contributed by atoms with E-state index in [1.54, 1.807) is 6.07 Å². The second-order valence-corrected chi connectivity index (χ2v) is 8.44. The van der Waals surface area contributed by atoms with Crippen LogP contribution < -0.4 is 20.7 Å². The van der Waals surface area contributed by atoms with E-state index in [0.717, 1.165) is 19.3 Å². The van der Waals surface area contributed by atoms with E-state index in [2.05, 4.69) is 43.6 Å². The van der Waals surface area contributed by atoms with E-state index in [9.17, 15) is 4.79 Å². The molecular weight excluding hydrogens is 338 g/mol. The first-order valence-corrected chi connectivity index (χ1v) is 9.26. The fraction of sp³-hybridized carbons (Fsp3) is 0.632. The number of hydrogen-bond donors (Lipinski definition) is 3. The molecule has 1 fully saturated rings. The number of rotatable bonds is 6. The monoisotopic (exact) mass is 367 g/mol. The molecule has 0 atom stereocenters. The summed E-state index contributed by atoms with van der Waals surface area (Å²) in [6, 6.07) is 7.44. The molecule has 3 N–H and O–H groups in total. The van der Waals surface area contributed by atoms with Crippen LogP contribution in [0.5, 0.6) is 5.75 Å². The molecule has 2 amide bonds. The zero-order valence-corrected chi connectivity index (χ0v) is 16.4. The Morgan fingerprint density at radius 2 is 1.88 bits per heavy atom. The van der Waals surface area contributed by atoms with Crippen molar-refractivity contribution in [2.45, 2.75) is 64.1 Å². The van der Waals surface area contributed by atoms with E-state index >= 15 is 0 Å². The van der Waals surface area contributed by atoms with Crippen molar-refractivity contribution < 1.29 is 9.53 Å². The molecule has 1 heterocycles. The van der Waals surface area contributed by atoms with Crippen molar-refractivity contribution in [1.82, 2.24) is 16.0 Å². The van der Waals surface area contributed by atoms with Gasteiger partial charge in [0.2, 0.25) is 0 Å². The predicted molar refractivity (Wildman–Crippen MR) is 102 cm³/mol. The summed E-state index contributed by atoms with van der Waals surface area (Å²) in [5, 5.41) is 10.2. The first kappa shape index (κ1) is 19.9. The van der Waals surface area contributed by atoms with Crippen LogP contribution in [0, 0.1) is 0 Å². The van der Waals surface area contributed by atoms with Gasteiger partial charge in [0.1, 0.15) is 5.75 Å². The highest BCUT2D eigenvalue weighted by Crippen LogP contribution is 2.28. The molecule has 1 aromatic rings. The number of carbonyl (C=O) groups excluding carboxylic acids is 1. The summed E-state index contributed by atoms with van der Waals surface area (Å²) in [6.45, 7) is 9.77. The van der Waals surface area contributed by atoms with E-state index in [4.69, 9.17) is 16.3 Å². The van der Waals surface area contributed by atoms with E-state index in [1.807, 2.05) is 18.2 Å². The quantitative estimate of drug-likeness (QED) is 0.671. The van der Waals surface area contributed by atoms with Gasteiger partial charge in [-0.1, -0.05) is 23.7 Å². The smallest absolute Gasteiger partial charge is 0.315 e. The molecule has 0 spiro atoms. The Balaban J connectivity index is 1.66. The summed E-state index contributed by atoms with van der Waals surface area (Å²) >= 11 is 6.03. The summed E-state index contributed by atoms with van der Waals surface area (Å²) in [7, 11) is 0. The summed E-state index contributed by atoms with van der Waals surface area (Å²) in [5.41, 5.74) is 0.0327. The molecule has 0 radical (unpaired) electrons. The SMILES string of the molecule is CC1(C)CC(NC(=O)NCCCOc2ccccc2Cl)CC(C)(C)N1. The maximum atomic E-state index is 12.1. The number of para-hydroxylation sites is 1. The van der Waals surface area contributed by atoms with Crippen molar-refractivity contribution in [2.75, 3.05) is 13.2 Å². The molecule has 1 aliphatic rings. The number of piperidine rings is 1. The Morgan fingerprint density at radius 3 is 2.52 bits per heavy atom. The van der Waals surface area contributed by atoms with Crippen LogP contribution in [0.4, 0.5) is 4.79 Å². The van der Waals surface area contributed by atoms with Crippen molar-refractivity contribution in [3.8, 4) is 5.75 Å². The number of hydrogen-bond acceptors (Lipinski definition) is 3. The molecule has 140 valence electrons. The van der Waals surface area contributed by atoms with Gasteiger partial charge in [0.25, 0.3) is 0 Å². The summed E-state index contributed by atoms with van der Waals surface area (Å²) < 4.78 is 5.61. The van der Waals surface area contributed by atoms with Crippen LogP contribution in [0.1, 0.15) is 47.0 Å². The third kappa shape index (κ3) is 6.75. The normalized spacial score (nSPS) is 19.2. The van der Waals surface area contributed by atoms with E-state index in [-0.39, 0.29) is 23.2 Å². The fourth-order valence-corrected chi connectivity index (χ4v) is 3.87. The van der Waals surface area contributed by atoms with Crippen LogP contribution in [-0.2, 0) is 0 Å². The first-order chi connectivity index (χ1) is 11.7. The fourth-order valence-electron chi connectivity index (χ4n) is 3.68. The Hall–Kier alpha value is -1.46. The predicted octanol–water partition coefficient (Wildman–Crippen LogP) is 3.72. The zero-order chi connectivity index (χ0) is 18.5. The van der Waals surface area contributed by atoms with Gasteiger partial charge in [-0.2, -0.15) is 0 Å². The highest BCUT2D eigenvalue weighted by Gasteiger charge is 2.38. The molecule has 0 unspecified atom stereocenters. The van der Waals surface area contributed by atoms with Gasteiger partial charge < -0.3 is 20.7 Å². The van der Waals surface area contributed by atoms with Crippen LogP contribution in [0.2, 0.25) is 5.02 Å². The summed E-state index contributed by atoms with van der Waals surface area (Å²) in [6.07, 6.45) is 2.56. The van der Waals surface area contributed by atoms with Crippen LogP contribution >= 0.6 is 11.6 Å². The summed E-state index contributed by atoms with van der Waals surface area (Å²) in [4.78, 5) is 12.1. The van der Waals surface area contributed by atoms with E-state index < -0.39 is 0 Å². The Kier molecular flexibility index (Phi) is 6.58. The Bertz CT molecular complexity index is 574. The first-order valence-electron chi connectivity index (χ1n) is 8.88. The number of halogens is 1. The van der Waals surface area contributed by atoms with Crippen molar-refractivity contribution >= 4 is 17.6 Å². The molecule has 5 nitrogen and oxygen atoms in total. The third-order valence-corrected chi connectivity index (χ3v) is 4.54.